The molecule has 0 amide bonds. The highest BCUT2D eigenvalue weighted by Crippen LogP contribution is 2.72. The van der Waals surface area contributed by atoms with Crippen LogP contribution in [0.2, 0.25) is 0 Å². The molecule has 0 aromatic rings. The van der Waals surface area contributed by atoms with Gasteiger partial charge in [-0.3, -0.25) is 9.59 Å². The van der Waals surface area contributed by atoms with Gasteiger partial charge >= 0.3 is 5.97 Å². The largest absolute Gasteiger partial charge is 0.481 e. The molecule has 4 rings (SSSR count). The third-order valence-corrected chi connectivity index (χ3v) is 11.4. The Morgan fingerprint density at radius 3 is 2.30 bits per heavy atom. The summed E-state index contributed by atoms with van der Waals surface area (Å²) in [6.45, 7) is 13.2. The van der Waals surface area contributed by atoms with E-state index in [4.69, 9.17) is 0 Å². The van der Waals surface area contributed by atoms with Crippen LogP contribution < -0.4 is 0 Å². The highest BCUT2D eigenvalue weighted by molar-refractivity contribution is 5.85. The number of allylic oxidation sites excluding steroid dienone is 2. The predicted molar refractivity (Wildman–Crippen MR) is 130 cm³/mol. The number of hydrogen-bond donors (Lipinski definition) is 1. The van der Waals surface area contributed by atoms with Crippen LogP contribution in [0.4, 0.5) is 0 Å². The Balaban J connectivity index is 1.68. The molecule has 0 aromatic heterocycles. The fourth-order valence-electron chi connectivity index (χ4n) is 9.24. The number of aliphatic carboxylic acids is 1. The van der Waals surface area contributed by atoms with Gasteiger partial charge in [0.25, 0.3) is 0 Å². The molecule has 2 fully saturated rings. The number of hydrogen-bond acceptors (Lipinski definition) is 3. The summed E-state index contributed by atoms with van der Waals surface area (Å²) in [6, 6.07) is 0. The summed E-state index contributed by atoms with van der Waals surface area (Å²) in [6.07, 6.45) is 9.67. The van der Waals surface area contributed by atoms with E-state index in [9.17, 15) is 19.5 Å². The normalized spacial score (nSPS) is 40.6. The van der Waals surface area contributed by atoms with E-state index < -0.39 is 5.97 Å². The van der Waals surface area contributed by atoms with Gasteiger partial charge in [0.1, 0.15) is 11.6 Å². The Morgan fingerprint density at radius 2 is 1.67 bits per heavy atom. The molecule has 4 aliphatic carbocycles. The highest BCUT2D eigenvalue weighted by atomic mass is 16.4. The summed E-state index contributed by atoms with van der Waals surface area (Å²) in [4.78, 5) is 36.6. The molecule has 0 aromatic carbocycles. The first kappa shape index (κ1) is 24.7. The van der Waals surface area contributed by atoms with Crippen molar-refractivity contribution in [2.24, 2.45) is 39.4 Å². The summed E-state index contributed by atoms with van der Waals surface area (Å²) in [5, 5.41) is 10.2. The topological polar surface area (TPSA) is 71.4 Å². The van der Waals surface area contributed by atoms with Crippen molar-refractivity contribution < 1.29 is 19.5 Å². The smallest absolute Gasteiger partial charge is 0.306 e. The van der Waals surface area contributed by atoms with Crippen molar-refractivity contribution in [3.63, 3.8) is 0 Å². The van der Waals surface area contributed by atoms with Gasteiger partial charge in [0.2, 0.25) is 0 Å². The van der Waals surface area contributed by atoms with Crippen LogP contribution in [0.25, 0.3) is 0 Å². The Hall–Kier alpha value is -1.45. The fourth-order valence-corrected chi connectivity index (χ4v) is 9.24. The molecule has 6 atom stereocenters. The predicted octanol–water partition coefficient (Wildman–Crippen LogP) is 6.76. The standard InChI is InChI=1S/C29H44O4/c1-18(30)8-7-9-19(25(32)33)20-12-16-29(6)22-10-11-23-26(2,3)24(31)14-15-27(23,4)21(22)13-17-28(20,29)5/h19-20,23H,7-17H2,1-6H3,(H,32,33). The fraction of sp³-hybridized carbons (Fsp3) is 0.828. The lowest BCUT2D eigenvalue weighted by Crippen LogP contribution is -2.54. The number of Topliss-reactive ketones (excluding diaryl/α,β-unsaturated/α-hetero) is 2. The van der Waals surface area contributed by atoms with E-state index in [2.05, 4.69) is 34.6 Å². The third-order valence-electron chi connectivity index (χ3n) is 11.4. The molecule has 4 heteroatoms. The summed E-state index contributed by atoms with van der Waals surface area (Å²) in [5.74, 6) is 0.0996. The van der Waals surface area contributed by atoms with Crippen LogP contribution >= 0.6 is 0 Å². The minimum absolute atomic E-state index is 0.0195. The van der Waals surface area contributed by atoms with Gasteiger partial charge in [-0.2, -0.15) is 0 Å². The lowest BCUT2D eigenvalue weighted by Gasteiger charge is -2.60. The maximum absolute atomic E-state index is 12.8. The van der Waals surface area contributed by atoms with Crippen LogP contribution in [0.15, 0.2) is 11.1 Å². The SMILES string of the molecule is CC(=O)CCCC(C(=O)O)C1CCC2(C)C3=C(CCC12C)C1(C)CCC(=O)C(C)(C)C1CC3. The molecule has 0 saturated heterocycles. The maximum atomic E-state index is 12.8. The summed E-state index contributed by atoms with van der Waals surface area (Å²) in [5.41, 5.74) is 3.12. The Morgan fingerprint density at radius 1 is 0.970 bits per heavy atom. The first-order valence-corrected chi connectivity index (χ1v) is 13.3. The zero-order valence-electron chi connectivity index (χ0n) is 21.7. The zero-order valence-corrected chi connectivity index (χ0v) is 21.7. The number of rotatable bonds is 6. The molecule has 0 heterocycles. The third kappa shape index (κ3) is 3.48. The number of carboxylic acids is 1. The van der Waals surface area contributed by atoms with Crippen LogP contribution in [0.5, 0.6) is 0 Å². The molecule has 0 aliphatic heterocycles. The second-order valence-corrected chi connectivity index (χ2v) is 13.0. The molecule has 6 unspecified atom stereocenters. The van der Waals surface area contributed by atoms with E-state index in [1.54, 1.807) is 18.1 Å². The van der Waals surface area contributed by atoms with Gasteiger partial charge in [-0.15, -0.1) is 0 Å². The van der Waals surface area contributed by atoms with Gasteiger partial charge < -0.3 is 9.90 Å². The second-order valence-electron chi connectivity index (χ2n) is 13.0. The molecule has 4 nitrogen and oxygen atoms in total. The van der Waals surface area contributed by atoms with Gasteiger partial charge in [-0.1, -0.05) is 45.8 Å². The summed E-state index contributed by atoms with van der Waals surface area (Å²) in [7, 11) is 0. The first-order valence-electron chi connectivity index (χ1n) is 13.3. The molecule has 1 N–H and O–H groups in total. The van der Waals surface area contributed by atoms with E-state index in [-0.39, 0.29) is 39.3 Å². The monoisotopic (exact) mass is 456 g/mol. The van der Waals surface area contributed by atoms with E-state index >= 15 is 0 Å². The number of ketones is 2. The Kier molecular flexibility index (Phi) is 6.02. The minimum atomic E-state index is -0.683. The van der Waals surface area contributed by atoms with Gasteiger partial charge in [0.05, 0.1) is 5.92 Å². The molecule has 0 bridgehead atoms. The van der Waals surface area contributed by atoms with Crippen LogP contribution in [-0.2, 0) is 14.4 Å². The number of fused-ring (bicyclic) bond motifs is 4. The van der Waals surface area contributed by atoms with Gasteiger partial charge in [0, 0.05) is 18.3 Å². The molecule has 2 saturated carbocycles. The molecule has 4 aliphatic rings. The molecule has 184 valence electrons. The van der Waals surface area contributed by atoms with Crippen LogP contribution in [0.1, 0.15) is 112 Å². The summed E-state index contributed by atoms with van der Waals surface area (Å²) >= 11 is 0. The Labute approximate surface area is 200 Å². The van der Waals surface area contributed by atoms with Crippen molar-refractivity contribution in [3.05, 3.63) is 11.1 Å². The van der Waals surface area contributed by atoms with Crippen molar-refractivity contribution in [1.82, 2.24) is 0 Å². The van der Waals surface area contributed by atoms with Crippen molar-refractivity contribution >= 4 is 17.5 Å². The van der Waals surface area contributed by atoms with Gasteiger partial charge in [-0.25, -0.2) is 0 Å². The van der Waals surface area contributed by atoms with E-state index in [0.29, 0.717) is 37.4 Å². The Bertz CT molecular complexity index is 897. The molecule has 33 heavy (non-hydrogen) atoms. The van der Waals surface area contributed by atoms with Crippen LogP contribution in [0, 0.1) is 39.4 Å². The van der Waals surface area contributed by atoms with E-state index in [1.807, 2.05) is 0 Å². The highest BCUT2D eigenvalue weighted by Gasteiger charge is 2.64. The molecule has 0 spiro atoms. The summed E-state index contributed by atoms with van der Waals surface area (Å²) < 4.78 is 0. The van der Waals surface area contributed by atoms with E-state index in [1.165, 1.54) is 0 Å². The van der Waals surface area contributed by atoms with Crippen molar-refractivity contribution in [3.8, 4) is 0 Å². The average molecular weight is 457 g/mol. The molecular weight excluding hydrogens is 412 g/mol. The quantitative estimate of drug-likeness (QED) is 0.448. The van der Waals surface area contributed by atoms with Crippen molar-refractivity contribution in [1.29, 1.82) is 0 Å². The first-order chi connectivity index (χ1) is 15.3. The lowest BCUT2D eigenvalue weighted by atomic mass is 9.43. The van der Waals surface area contributed by atoms with Crippen molar-refractivity contribution in [2.45, 2.75) is 112 Å². The molecular formula is C29H44O4. The van der Waals surface area contributed by atoms with Crippen LogP contribution in [-0.4, -0.2) is 22.6 Å². The van der Waals surface area contributed by atoms with Gasteiger partial charge in [0.15, 0.2) is 0 Å². The number of carboxylic acid groups (broad SMARTS) is 1. The number of carbonyl (C=O) groups excluding carboxylic acids is 2. The zero-order chi connectivity index (χ0) is 24.4. The average Bonchev–Trinajstić information content (AvgIpc) is 3.00. The number of carbonyl (C=O) groups is 3. The second kappa shape index (κ2) is 8.05. The van der Waals surface area contributed by atoms with E-state index in [0.717, 1.165) is 44.9 Å². The maximum Gasteiger partial charge on any atom is 0.306 e. The van der Waals surface area contributed by atoms with Crippen molar-refractivity contribution in [2.75, 3.05) is 0 Å². The lowest BCUT2D eigenvalue weighted by molar-refractivity contribution is -0.147. The van der Waals surface area contributed by atoms with Gasteiger partial charge in [-0.05, 0) is 92.8 Å². The van der Waals surface area contributed by atoms with Crippen LogP contribution in [0.3, 0.4) is 0 Å². The minimum Gasteiger partial charge on any atom is -0.481 e. The molecule has 0 radical (unpaired) electrons.